The minimum atomic E-state index is 0.0125. The molecular weight excluding hydrogens is 374 g/mol. The maximum atomic E-state index is 13.4. The molecular formula is C21H21N3O3S. The van der Waals surface area contributed by atoms with Crippen LogP contribution in [0.3, 0.4) is 0 Å². The van der Waals surface area contributed by atoms with Gasteiger partial charge in [-0.1, -0.05) is 17.3 Å². The Bertz CT molecular complexity index is 1000. The molecule has 0 fully saturated rings. The van der Waals surface area contributed by atoms with Crippen LogP contribution in [0.5, 0.6) is 5.75 Å². The van der Waals surface area contributed by atoms with Crippen LogP contribution < -0.4 is 9.64 Å². The molecule has 0 bridgehead atoms. The van der Waals surface area contributed by atoms with Gasteiger partial charge in [0.05, 0.1) is 18.4 Å². The van der Waals surface area contributed by atoms with Crippen LogP contribution in [0, 0.1) is 6.92 Å². The average molecular weight is 395 g/mol. The number of rotatable bonds is 5. The molecule has 1 aliphatic rings. The number of methoxy groups -OCH3 is 1. The fourth-order valence-corrected chi connectivity index (χ4v) is 4.26. The van der Waals surface area contributed by atoms with Gasteiger partial charge in [0, 0.05) is 24.1 Å². The number of nitrogens with zero attached hydrogens (tertiary/aromatic N) is 3. The Morgan fingerprint density at radius 2 is 2.14 bits per heavy atom. The number of thioether (sulfide) groups is 1. The third-order valence-corrected chi connectivity index (χ3v) is 5.76. The smallest absolute Gasteiger partial charge is 0.259 e. The van der Waals surface area contributed by atoms with Crippen molar-refractivity contribution in [2.75, 3.05) is 18.6 Å². The molecule has 0 atom stereocenters. The van der Waals surface area contributed by atoms with Crippen LogP contribution in [0.4, 0.5) is 5.69 Å². The van der Waals surface area contributed by atoms with Crippen molar-refractivity contribution in [1.82, 2.24) is 10.1 Å². The first-order valence-electron chi connectivity index (χ1n) is 9.15. The first-order chi connectivity index (χ1) is 13.7. The van der Waals surface area contributed by atoms with Gasteiger partial charge in [0.1, 0.15) is 5.75 Å². The normalized spacial score (nSPS) is 13.3. The number of carbonyl (C=O) groups excluding carboxylic acids is 1. The molecule has 2 aromatic carbocycles. The van der Waals surface area contributed by atoms with E-state index in [9.17, 15) is 4.79 Å². The SMILES string of the molecule is COc1ccc2c(c1)CCCN2C(=O)c1ccccc1SCc1noc(C)n1. The molecule has 0 spiro atoms. The molecule has 2 heterocycles. The average Bonchev–Trinajstić information content (AvgIpc) is 3.16. The van der Waals surface area contributed by atoms with Crippen molar-refractivity contribution in [1.29, 1.82) is 0 Å². The van der Waals surface area contributed by atoms with E-state index in [-0.39, 0.29) is 5.91 Å². The monoisotopic (exact) mass is 395 g/mol. The number of carbonyl (C=O) groups is 1. The highest BCUT2D eigenvalue weighted by atomic mass is 32.2. The molecule has 7 heteroatoms. The molecule has 0 aliphatic carbocycles. The third-order valence-electron chi connectivity index (χ3n) is 4.69. The molecule has 0 saturated heterocycles. The summed E-state index contributed by atoms with van der Waals surface area (Å²) in [5.74, 6) is 2.55. The van der Waals surface area contributed by atoms with Crippen molar-refractivity contribution in [2.45, 2.75) is 30.4 Å². The first-order valence-corrected chi connectivity index (χ1v) is 10.1. The number of hydrogen-bond donors (Lipinski definition) is 0. The molecule has 1 aromatic heterocycles. The Labute approximate surface area is 167 Å². The highest BCUT2D eigenvalue weighted by molar-refractivity contribution is 7.98. The number of ether oxygens (including phenoxy) is 1. The van der Waals surface area contributed by atoms with E-state index in [1.807, 2.05) is 47.4 Å². The van der Waals surface area contributed by atoms with Gasteiger partial charge in [-0.3, -0.25) is 4.79 Å². The lowest BCUT2D eigenvalue weighted by atomic mass is 10.0. The second-order valence-electron chi connectivity index (χ2n) is 6.57. The van der Waals surface area contributed by atoms with Gasteiger partial charge >= 0.3 is 0 Å². The highest BCUT2D eigenvalue weighted by Gasteiger charge is 2.25. The summed E-state index contributed by atoms with van der Waals surface area (Å²) < 4.78 is 10.4. The van der Waals surface area contributed by atoms with E-state index in [4.69, 9.17) is 9.26 Å². The first kappa shape index (κ1) is 18.6. The summed E-state index contributed by atoms with van der Waals surface area (Å²) >= 11 is 1.54. The van der Waals surface area contributed by atoms with Gasteiger partial charge in [-0.25, -0.2) is 0 Å². The van der Waals surface area contributed by atoms with Crippen LogP contribution >= 0.6 is 11.8 Å². The van der Waals surface area contributed by atoms with Gasteiger partial charge in [-0.05, 0) is 48.7 Å². The van der Waals surface area contributed by atoms with Crippen molar-refractivity contribution in [2.24, 2.45) is 0 Å². The van der Waals surface area contributed by atoms with Crippen LogP contribution in [-0.4, -0.2) is 29.7 Å². The summed E-state index contributed by atoms with van der Waals surface area (Å²) in [7, 11) is 1.66. The lowest BCUT2D eigenvalue weighted by Crippen LogP contribution is -2.35. The van der Waals surface area contributed by atoms with Gasteiger partial charge in [0.25, 0.3) is 5.91 Å². The second kappa shape index (κ2) is 8.06. The van der Waals surface area contributed by atoms with Gasteiger partial charge in [-0.2, -0.15) is 4.98 Å². The molecule has 0 unspecified atom stereocenters. The summed E-state index contributed by atoms with van der Waals surface area (Å²) in [5, 5.41) is 3.93. The van der Waals surface area contributed by atoms with E-state index in [0.717, 1.165) is 34.7 Å². The molecule has 1 amide bonds. The Morgan fingerprint density at radius 3 is 2.93 bits per heavy atom. The number of aryl methyl sites for hydroxylation is 2. The maximum Gasteiger partial charge on any atom is 0.259 e. The number of benzene rings is 2. The lowest BCUT2D eigenvalue weighted by molar-refractivity contribution is 0.0982. The lowest BCUT2D eigenvalue weighted by Gasteiger charge is -2.30. The highest BCUT2D eigenvalue weighted by Crippen LogP contribution is 2.33. The molecule has 1 aliphatic heterocycles. The molecule has 6 nitrogen and oxygen atoms in total. The Morgan fingerprint density at radius 1 is 1.29 bits per heavy atom. The van der Waals surface area contributed by atoms with E-state index >= 15 is 0 Å². The topological polar surface area (TPSA) is 68.5 Å². The Balaban J connectivity index is 1.59. The Hall–Kier alpha value is -2.80. The molecule has 0 radical (unpaired) electrons. The van der Waals surface area contributed by atoms with Gasteiger partial charge < -0.3 is 14.2 Å². The molecule has 3 aromatic rings. The fourth-order valence-electron chi connectivity index (χ4n) is 3.37. The summed E-state index contributed by atoms with van der Waals surface area (Å²) in [4.78, 5) is 20.4. The molecule has 0 N–H and O–H groups in total. The largest absolute Gasteiger partial charge is 0.497 e. The zero-order chi connectivity index (χ0) is 19.5. The fraction of sp³-hybridized carbons (Fsp3) is 0.286. The summed E-state index contributed by atoms with van der Waals surface area (Å²) in [6.07, 6.45) is 1.88. The number of fused-ring (bicyclic) bond motifs is 1. The Kier molecular flexibility index (Phi) is 5.34. The van der Waals surface area contributed by atoms with E-state index in [0.29, 0.717) is 29.6 Å². The second-order valence-corrected chi connectivity index (χ2v) is 7.59. The van der Waals surface area contributed by atoms with E-state index < -0.39 is 0 Å². The van der Waals surface area contributed by atoms with Gasteiger partial charge in [0.15, 0.2) is 5.82 Å². The zero-order valence-electron chi connectivity index (χ0n) is 15.8. The minimum absolute atomic E-state index is 0.0125. The van der Waals surface area contributed by atoms with Crippen molar-refractivity contribution in [3.63, 3.8) is 0 Å². The number of hydrogen-bond acceptors (Lipinski definition) is 6. The van der Waals surface area contributed by atoms with Crippen LogP contribution in [0.25, 0.3) is 0 Å². The summed E-state index contributed by atoms with van der Waals surface area (Å²) in [5.41, 5.74) is 2.80. The predicted molar refractivity (Wildman–Crippen MR) is 108 cm³/mol. The number of aromatic nitrogens is 2. The minimum Gasteiger partial charge on any atom is -0.497 e. The van der Waals surface area contributed by atoms with Crippen molar-refractivity contribution in [3.8, 4) is 5.75 Å². The zero-order valence-corrected chi connectivity index (χ0v) is 16.7. The number of anilines is 1. The van der Waals surface area contributed by atoms with Crippen LogP contribution in [-0.2, 0) is 12.2 Å². The van der Waals surface area contributed by atoms with Crippen LogP contribution in [0.1, 0.15) is 34.1 Å². The van der Waals surface area contributed by atoms with Crippen molar-refractivity contribution < 1.29 is 14.1 Å². The maximum absolute atomic E-state index is 13.4. The van der Waals surface area contributed by atoms with Crippen LogP contribution in [0.15, 0.2) is 51.9 Å². The molecule has 0 saturated carbocycles. The molecule has 28 heavy (non-hydrogen) atoms. The van der Waals surface area contributed by atoms with E-state index in [2.05, 4.69) is 10.1 Å². The summed E-state index contributed by atoms with van der Waals surface area (Å²) in [6, 6.07) is 13.6. The predicted octanol–water partition coefficient (Wildman–Crippen LogP) is 4.27. The van der Waals surface area contributed by atoms with Gasteiger partial charge in [0.2, 0.25) is 5.89 Å². The summed E-state index contributed by atoms with van der Waals surface area (Å²) in [6.45, 7) is 2.47. The molecule has 144 valence electrons. The molecule has 4 rings (SSSR count). The van der Waals surface area contributed by atoms with Gasteiger partial charge in [-0.15, -0.1) is 11.8 Å². The van der Waals surface area contributed by atoms with Crippen molar-refractivity contribution >= 4 is 23.4 Å². The number of amides is 1. The van der Waals surface area contributed by atoms with Crippen molar-refractivity contribution in [3.05, 3.63) is 65.3 Å². The quantitative estimate of drug-likeness (QED) is 0.601. The van der Waals surface area contributed by atoms with Crippen LogP contribution in [0.2, 0.25) is 0 Å². The standard InChI is InChI=1S/C21H21N3O3S/c1-14-22-20(23-27-14)13-28-19-8-4-3-7-17(19)21(25)24-11-5-6-15-12-16(26-2)9-10-18(15)24/h3-4,7-10,12H,5-6,11,13H2,1-2H3. The van der Waals surface area contributed by atoms with E-state index in [1.165, 1.54) is 0 Å². The third kappa shape index (κ3) is 3.75. The van der Waals surface area contributed by atoms with E-state index in [1.54, 1.807) is 25.8 Å².